The monoisotopic (exact) mass is 207 g/mol. The van der Waals surface area contributed by atoms with Crippen LogP contribution in [0.25, 0.3) is 0 Å². The zero-order chi connectivity index (χ0) is 11.0. The number of anilines is 2. The minimum atomic E-state index is -0.321. The van der Waals surface area contributed by atoms with Crippen molar-refractivity contribution >= 4 is 17.7 Å². The van der Waals surface area contributed by atoms with Crippen molar-refractivity contribution in [3.63, 3.8) is 0 Å². The van der Waals surface area contributed by atoms with Gasteiger partial charge in [0.05, 0.1) is 0 Å². The summed E-state index contributed by atoms with van der Waals surface area (Å²) in [6.07, 6.45) is 2.42. The fraction of sp³-hybridized carbons (Fsp3) is 0.444. The molecular formula is C9H13N5O. The van der Waals surface area contributed by atoms with Gasteiger partial charge < -0.3 is 16.4 Å². The Morgan fingerprint density at radius 2 is 2.40 bits per heavy atom. The van der Waals surface area contributed by atoms with Gasteiger partial charge in [-0.2, -0.15) is 4.98 Å². The zero-order valence-electron chi connectivity index (χ0n) is 8.47. The molecule has 1 aromatic rings. The Hall–Kier alpha value is -1.85. The van der Waals surface area contributed by atoms with E-state index in [-0.39, 0.29) is 17.9 Å². The molecule has 1 amide bonds. The third-order valence-electron chi connectivity index (χ3n) is 2.58. The van der Waals surface area contributed by atoms with E-state index in [4.69, 9.17) is 11.5 Å². The third-order valence-corrected chi connectivity index (χ3v) is 2.58. The molecule has 6 heteroatoms. The normalized spacial score (nSPS) is 19.8. The number of nitrogen functional groups attached to an aromatic ring is 1. The minimum absolute atomic E-state index is 0.214. The molecule has 80 valence electrons. The van der Waals surface area contributed by atoms with Crippen LogP contribution in [0.4, 0.5) is 11.8 Å². The second-order valence-electron chi connectivity index (χ2n) is 3.64. The molecular weight excluding hydrogens is 194 g/mol. The van der Waals surface area contributed by atoms with E-state index in [0.717, 1.165) is 18.5 Å². The quantitative estimate of drug-likeness (QED) is 0.676. The highest BCUT2D eigenvalue weighted by molar-refractivity contribution is 5.85. The van der Waals surface area contributed by atoms with Crippen molar-refractivity contribution in [2.24, 2.45) is 5.73 Å². The van der Waals surface area contributed by atoms with Crippen molar-refractivity contribution in [1.82, 2.24) is 9.97 Å². The summed E-state index contributed by atoms with van der Waals surface area (Å²) >= 11 is 0. The Kier molecular flexibility index (Phi) is 2.18. The van der Waals surface area contributed by atoms with Gasteiger partial charge in [-0.15, -0.1) is 0 Å². The van der Waals surface area contributed by atoms with E-state index in [1.165, 1.54) is 0 Å². The molecule has 0 bridgehead atoms. The van der Waals surface area contributed by atoms with Crippen molar-refractivity contribution < 1.29 is 4.79 Å². The smallest absolute Gasteiger partial charge is 0.240 e. The van der Waals surface area contributed by atoms with Gasteiger partial charge in [0.25, 0.3) is 0 Å². The fourth-order valence-corrected chi connectivity index (χ4v) is 1.67. The number of hydrogen-bond donors (Lipinski definition) is 2. The molecule has 0 radical (unpaired) electrons. The minimum Gasteiger partial charge on any atom is -0.368 e. The zero-order valence-corrected chi connectivity index (χ0v) is 8.47. The lowest BCUT2D eigenvalue weighted by atomic mass is 10.0. The first-order valence-electron chi connectivity index (χ1n) is 4.74. The molecule has 1 aliphatic rings. The van der Waals surface area contributed by atoms with Crippen LogP contribution in [0, 0.1) is 6.92 Å². The number of carbonyl (C=O) groups excluding carboxylic acids is 1. The average molecular weight is 207 g/mol. The summed E-state index contributed by atoms with van der Waals surface area (Å²) in [4.78, 5) is 20.9. The molecule has 0 aromatic carbocycles. The lowest BCUT2D eigenvalue weighted by Gasteiger charge is -2.40. The van der Waals surface area contributed by atoms with Gasteiger partial charge in [0, 0.05) is 18.3 Å². The number of primary amides is 1. The maximum Gasteiger partial charge on any atom is 0.240 e. The van der Waals surface area contributed by atoms with Gasteiger partial charge in [0.15, 0.2) is 0 Å². The standard InChI is InChI=1S/C9H13N5O/c1-5-4-12-9(11)13-8(5)14-3-2-6(14)7(10)15/h4,6H,2-3H2,1H3,(H2,10,15)(H2,11,12,13). The van der Waals surface area contributed by atoms with Gasteiger partial charge in [0.1, 0.15) is 11.9 Å². The van der Waals surface area contributed by atoms with E-state index >= 15 is 0 Å². The lowest BCUT2D eigenvalue weighted by Crippen LogP contribution is -2.55. The molecule has 1 fully saturated rings. The van der Waals surface area contributed by atoms with E-state index in [0.29, 0.717) is 5.82 Å². The van der Waals surface area contributed by atoms with Crippen LogP contribution in [0.1, 0.15) is 12.0 Å². The Morgan fingerprint density at radius 1 is 1.67 bits per heavy atom. The first-order chi connectivity index (χ1) is 7.09. The van der Waals surface area contributed by atoms with Gasteiger partial charge in [-0.25, -0.2) is 4.98 Å². The first-order valence-corrected chi connectivity index (χ1v) is 4.74. The van der Waals surface area contributed by atoms with Gasteiger partial charge >= 0.3 is 0 Å². The van der Waals surface area contributed by atoms with Gasteiger partial charge in [0.2, 0.25) is 11.9 Å². The summed E-state index contributed by atoms with van der Waals surface area (Å²) in [7, 11) is 0. The van der Waals surface area contributed by atoms with Crippen molar-refractivity contribution in [3.05, 3.63) is 11.8 Å². The molecule has 15 heavy (non-hydrogen) atoms. The molecule has 0 saturated carbocycles. The number of amides is 1. The first kappa shape index (κ1) is 9.70. The largest absolute Gasteiger partial charge is 0.368 e. The van der Waals surface area contributed by atoms with Crippen LogP contribution >= 0.6 is 0 Å². The van der Waals surface area contributed by atoms with Crippen LogP contribution in [0.2, 0.25) is 0 Å². The van der Waals surface area contributed by atoms with E-state index < -0.39 is 0 Å². The number of nitrogens with two attached hydrogens (primary N) is 2. The number of carbonyl (C=O) groups is 1. The Morgan fingerprint density at radius 3 is 2.93 bits per heavy atom. The van der Waals surface area contributed by atoms with Crippen LogP contribution in [0.15, 0.2) is 6.20 Å². The fourth-order valence-electron chi connectivity index (χ4n) is 1.67. The summed E-state index contributed by atoms with van der Waals surface area (Å²) < 4.78 is 0. The topological polar surface area (TPSA) is 98.1 Å². The van der Waals surface area contributed by atoms with E-state index in [1.807, 2.05) is 11.8 Å². The molecule has 1 unspecified atom stereocenters. The molecule has 1 aromatic heterocycles. The third kappa shape index (κ3) is 1.58. The van der Waals surface area contributed by atoms with Gasteiger partial charge in [-0.1, -0.05) is 0 Å². The highest BCUT2D eigenvalue weighted by Gasteiger charge is 2.34. The second-order valence-corrected chi connectivity index (χ2v) is 3.64. The molecule has 4 N–H and O–H groups in total. The number of rotatable bonds is 2. The molecule has 1 saturated heterocycles. The highest BCUT2D eigenvalue weighted by atomic mass is 16.1. The molecule has 2 rings (SSSR count). The number of nitrogens with zero attached hydrogens (tertiary/aromatic N) is 3. The molecule has 0 aliphatic carbocycles. The Balaban J connectivity index is 2.30. The van der Waals surface area contributed by atoms with E-state index in [1.54, 1.807) is 6.20 Å². The molecule has 1 aliphatic heterocycles. The number of hydrogen-bond acceptors (Lipinski definition) is 5. The summed E-state index contributed by atoms with van der Waals surface area (Å²) in [5, 5.41) is 0. The summed E-state index contributed by atoms with van der Waals surface area (Å²) in [6.45, 7) is 2.66. The van der Waals surface area contributed by atoms with Crippen LogP contribution < -0.4 is 16.4 Å². The van der Waals surface area contributed by atoms with Crippen molar-refractivity contribution in [2.75, 3.05) is 17.2 Å². The molecule has 0 spiro atoms. The van der Waals surface area contributed by atoms with Gasteiger partial charge in [-0.3, -0.25) is 4.79 Å². The summed E-state index contributed by atoms with van der Waals surface area (Å²) in [6, 6.07) is -0.252. The Bertz CT molecular complexity index is 405. The SMILES string of the molecule is Cc1cnc(N)nc1N1CCC1C(N)=O. The second kappa shape index (κ2) is 3.38. The summed E-state index contributed by atoms with van der Waals surface area (Å²) in [5.74, 6) is 0.598. The van der Waals surface area contributed by atoms with E-state index in [2.05, 4.69) is 9.97 Å². The molecule has 2 heterocycles. The van der Waals surface area contributed by atoms with Crippen LogP contribution in [-0.2, 0) is 4.79 Å². The maximum absolute atomic E-state index is 11.1. The van der Waals surface area contributed by atoms with E-state index in [9.17, 15) is 4.79 Å². The Labute approximate surface area is 87.3 Å². The summed E-state index contributed by atoms with van der Waals surface area (Å²) in [5.41, 5.74) is 11.7. The molecule has 6 nitrogen and oxygen atoms in total. The van der Waals surface area contributed by atoms with Crippen LogP contribution in [0.5, 0.6) is 0 Å². The predicted molar refractivity (Wildman–Crippen MR) is 56.1 cm³/mol. The lowest BCUT2D eigenvalue weighted by molar-refractivity contribution is -0.120. The van der Waals surface area contributed by atoms with Gasteiger partial charge in [-0.05, 0) is 13.3 Å². The highest BCUT2D eigenvalue weighted by Crippen LogP contribution is 2.27. The van der Waals surface area contributed by atoms with Crippen molar-refractivity contribution in [3.8, 4) is 0 Å². The predicted octanol–water partition coefficient (Wildman–Crippen LogP) is -0.569. The number of aryl methyl sites for hydroxylation is 1. The van der Waals surface area contributed by atoms with Crippen LogP contribution in [0.3, 0.4) is 0 Å². The maximum atomic E-state index is 11.1. The number of aromatic nitrogens is 2. The average Bonchev–Trinajstić information content (AvgIpc) is 2.08. The van der Waals surface area contributed by atoms with Crippen molar-refractivity contribution in [2.45, 2.75) is 19.4 Å². The molecule has 1 atom stereocenters. The van der Waals surface area contributed by atoms with Crippen LogP contribution in [-0.4, -0.2) is 28.5 Å². The van der Waals surface area contributed by atoms with Crippen molar-refractivity contribution in [1.29, 1.82) is 0 Å².